The molecule has 7 heteroatoms. The van der Waals surface area contributed by atoms with E-state index in [0.29, 0.717) is 13.0 Å². The van der Waals surface area contributed by atoms with E-state index >= 15 is 0 Å². The maximum Gasteiger partial charge on any atom is 0.220 e. The first-order valence-corrected chi connectivity index (χ1v) is 7.93. The van der Waals surface area contributed by atoms with E-state index in [2.05, 4.69) is 22.5 Å². The zero-order valence-electron chi connectivity index (χ0n) is 12.3. The fourth-order valence-corrected chi connectivity index (χ4v) is 2.36. The largest absolute Gasteiger partial charge is 0.355 e. The van der Waals surface area contributed by atoms with Crippen LogP contribution in [-0.4, -0.2) is 36.3 Å². The molecular weight excluding hydrogens is 329 g/mol. The van der Waals surface area contributed by atoms with Gasteiger partial charge in [0, 0.05) is 37.2 Å². The van der Waals surface area contributed by atoms with Gasteiger partial charge in [0.05, 0.1) is 5.69 Å². The van der Waals surface area contributed by atoms with Crippen molar-refractivity contribution in [2.24, 2.45) is 0 Å². The molecule has 0 unspecified atom stereocenters. The number of aromatic nitrogens is 1. The highest BCUT2D eigenvalue weighted by Crippen LogP contribution is 2.10. The van der Waals surface area contributed by atoms with E-state index in [9.17, 15) is 4.79 Å². The number of carbonyl (C=O) groups is 1. The number of amides is 1. The summed E-state index contributed by atoms with van der Waals surface area (Å²) < 4.78 is 0. The summed E-state index contributed by atoms with van der Waals surface area (Å²) in [6, 6.07) is 5.90. The molecule has 2 N–H and O–H groups in total. The van der Waals surface area contributed by atoms with Crippen LogP contribution in [0.5, 0.6) is 0 Å². The molecule has 0 aliphatic heterocycles. The summed E-state index contributed by atoms with van der Waals surface area (Å²) in [5, 5.41) is 6.16. The molecule has 21 heavy (non-hydrogen) atoms. The quantitative estimate of drug-likeness (QED) is 0.635. The molecule has 0 aliphatic carbocycles. The van der Waals surface area contributed by atoms with Crippen molar-refractivity contribution in [3.63, 3.8) is 0 Å². The number of rotatable bonds is 10. The lowest BCUT2D eigenvalue weighted by molar-refractivity contribution is -0.120. The number of pyridine rings is 1. The van der Waals surface area contributed by atoms with Gasteiger partial charge in [-0.15, -0.1) is 24.8 Å². The van der Waals surface area contributed by atoms with Gasteiger partial charge in [0.2, 0.25) is 5.91 Å². The minimum Gasteiger partial charge on any atom is -0.355 e. The lowest BCUT2D eigenvalue weighted by Crippen LogP contribution is -2.32. The van der Waals surface area contributed by atoms with Crippen LogP contribution in [0.3, 0.4) is 0 Å². The Morgan fingerprint density at radius 2 is 2.05 bits per heavy atom. The zero-order chi connectivity index (χ0) is 13.8. The van der Waals surface area contributed by atoms with Crippen LogP contribution >= 0.6 is 36.6 Å². The summed E-state index contributed by atoms with van der Waals surface area (Å²) in [5.74, 6) is 1.84. The van der Waals surface area contributed by atoms with E-state index in [1.54, 1.807) is 18.0 Å². The molecule has 0 radical (unpaired) electrons. The Balaban J connectivity index is 0. The van der Waals surface area contributed by atoms with Crippen molar-refractivity contribution in [3.8, 4) is 0 Å². The van der Waals surface area contributed by atoms with Crippen molar-refractivity contribution in [3.05, 3.63) is 30.1 Å². The highest BCUT2D eigenvalue weighted by molar-refractivity contribution is 7.98. The summed E-state index contributed by atoms with van der Waals surface area (Å²) in [4.78, 5) is 15.8. The van der Waals surface area contributed by atoms with Crippen molar-refractivity contribution < 1.29 is 4.79 Å². The van der Waals surface area contributed by atoms with Crippen LogP contribution in [0.25, 0.3) is 0 Å². The molecule has 1 heterocycles. The predicted molar refractivity (Wildman–Crippen MR) is 95.7 cm³/mol. The lowest BCUT2D eigenvalue weighted by atomic mass is 10.4. The zero-order valence-corrected chi connectivity index (χ0v) is 14.8. The Morgan fingerprint density at radius 3 is 2.71 bits per heavy atom. The Morgan fingerprint density at radius 1 is 1.24 bits per heavy atom. The minimum atomic E-state index is 0. The first-order valence-electron chi connectivity index (χ1n) is 6.78. The lowest BCUT2D eigenvalue weighted by Gasteiger charge is -2.06. The molecule has 1 aromatic heterocycles. The van der Waals surface area contributed by atoms with Gasteiger partial charge in [-0.1, -0.05) is 13.0 Å². The number of hydrogen-bond acceptors (Lipinski definition) is 4. The fourth-order valence-electron chi connectivity index (χ4n) is 1.51. The van der Waals surface area contributed by atoms with Gasteiger partial charge < -0.3 is 10.6 Å². The smallest absolute Gasteiger partial charge is 0.220 e. The van der Waals surface area contributed by atoms with Crippen molar-refractivity contribution in [1.29, 1.82) is 0 Å². The Labute approximate surface area is 144 Å². The van der Waals surface area contributed by atoms with E-state index in [-0.39, 0.29) is 30.7 Å². The molecule has 0 atom stereocenters. The molecule has 0 aromatic carbocycles. The van der Waals surface area contributed by atoms with Gasteiger partial charge in [-0.25, -0.2) is 0 Å². The van der Waals surface area contributed by atoms with Crippen molar-refractivity contribution in [2.75, 3.05) is 25.4 Å². The second-order valence-corrected chi connectivity index (χ2v) is 5.33. The summed E-state index contributed by atoms with van der Waals surface area (Å²) in [7, 11) is 0. The Hall–Kier alpha value is -0.490. The van der Waals surface area contributed by atoms with Crippen molar-refractivity contribution in [2.45, 2.75) is 25.5 Å². The first kappa shape index (κ1) is 22.8. The summed E-state index contributed by atoms with van der Waals surface area (Å²) in [6.07, 6.45) is 3.50. The van der Waals surface area contributed by atoms with Gasteiger partial charge in [0.25, 0.3) is 0 Å². The summed E-state index contributed by atoms with van der Waals surface area (Å²) in [5.41, 5.74) is 1.07. The second-order valence-electron chi connectivity index (χ2n) is 4.22. The average Bonchev–Trinajstić information content (AvgIpc) is 2.44. The third-order valence-corrected chi connectivity index (χ3v) is 3.49. The standard InChI is InChI=1S/C14H23N3OS.2ClH/c1-2-7-15-9-10-17-14(18)6-11-19-12-13-5-3-4-8-16-13;;/h3-5,8,15H,2,6-7,9-12H2,1H3,(H,17,18);2*1H. The van der Waals surface area contributed by atoms with Crippen LogP contribution in [0.15, 0.2) is 24.4 Å². The summed E-state index contributed by atoms with van der Waals surface area (Å²) >= 11 is 1.74. The van der Waals surface area contributed by atoms with E-state index in [4.69, 9.17) is 0 Å². The van der Waals surface area contributed by atoms with Crippen LogP contribution in [0.4, 0.5) is 0 Å². The van der Waals surface area contributed by atoms with Crippen LogP contribution in [-0.2, 0) is 10.5 Å². The molecule has 4 nitrogen and oxygen atoms in total. The third-order valence-electron chi connectivity index (χ3n) is 2.50. The van der Waals surface area contributed by atoms with Gasteiger partial charge in [0.15, 0.2) is 0 Å². The summed E-state index contributed by atoms with van der Waals surface area (Å²) in [6.45, 7) is 4.70. The number of nitrogens with zero attached hydrogens (tertiary/aromatic N) is 1. The van der Waals surface area contributed by atoms with E-state index in [1.807, 2.05) is 18.2 Å². The Kier molecular flexibility index (Phi) is 17.2. The van der Waals surface area contributed by atoms with Crippen LogP contribution in [0.2, 0.25) is 0 Å². The van der Waals surface area contributed by atoms with Gasteiger partial charge in [-0.2, -0.15) is 11.8 Å². The number of nitrogens with one attached hydrogen (secondary N) is 2. The normalized spacial score (nSPS) is 9.38. The molecule has 0 bridgehead atoms. The third kappa shape index (κ3) is 12.9. The number of halogens is 2. The molecule has 122 valence electrons. The fraction of sp³-hybridized carbons (Fsp3) is 0.571. The molecule has 1 aromatic rings. The maximum absolute atomic E-state index is 11.5. The molecule has 0 saturated heterocycles. The SMILES string of the molecule is CCCNCCNC(=O)CCSCc1ccccn1.Cl.Cl. The van der Waals surface area contributed by atoms with E-state index in [0.717, 1.165) is 36.7 Å². The van der Waals surface area contributed by atoms with Gasteiger partial charge >= 0.3 is 0 Å². The number of carbonyl (C=O) groups excluding carboxylic acids is 1. The molecule has 0 spiro atoms. The van der Waals surface area contributed by atoms with E-state index < -0.39 is 0 Å². The monoisotopic (exact) mass is 353 g/mol. The van der Waals surface area contributed by atoms with Crippen LogP contribution in [0, 0.1) is 0 Å². The van der Waals surface area contributed by atoms with E-state index in [1.165, 1.54) is 0 Å². The van der Waals surface area contributed by atoms with Gasteiger partial charge in [-0.3, -0.25) is 9.78 Å². The average molecular weight is 354 g/mol. The number of hydrogen-bond donors (Lipinski definition) is 2. The van der Waals surface area contributed by atoms with Crippen molar-refractivity contribution in [1.82, 2.24) is 15.6 Å². The molecule has 0 saturated carbocycles. The van der Waals surface area contributed by atoms with Crippen LogP contribution in [0.1, 0.15) is 25.5 Å². The molecular formula is C14H25Cl2N3OS. The maximum atomic E-state index is 11.5. The van der Waals surface area contributed by atoms with Gasteiger partial charge in [-0.05, 0) is 25.1 Å². The topological polar surface area (TPSA) is 54.0 Å². The Bertz CT molecular complexity index is 355. The highest BCUT2D eigenvalue weighted by Gasteiger charge is 2.01. The molecule has 0 aliphatic rings. The first-order chi connectivity index (χ1) is 9.33. The minimum absolute atomic E-state index is 0. The number of thioether (sulfide) groups is 1. The predicted octanol–water partition coefficient (Wildman–Crippen LogP) is 2.66. The molecule has 1 amide bonds. The second kappa shape index (κ2) is 15.9. The van der Waals surface area contributed by atoms with Crippen LogP contribution < -0.4 is 10.6 Å². The molecule has 0 fully saturated rings. The van der Waals surface area contributed by atoms with Crippen molar-refractivity contribution >= 4 is 42.5 Å². The highest BCUT2D eigenvalue weighted by atomic mass is 35.5. The van der Waals surface area contributed by atoms with Gasteiger partial charge in [0.1, 0.15) is 0 Å². The molecule has 1 rings (SSSR count).